The lowest BCUT2D eigenvalue weighted by molar-refractivity contribution is -0.138. The molecule has 0 aliphatic carbocycles. The minimum absolute atomic E-state index is 0.0300. The summed E-state index contributed by atoms with van der Waals surface area (Å²) < 4.78 is 74.3. The summed E-state index contributed by atoms with van der Waals surface area (Å²) in [4.78, 5) is 12.0. The van der Waals surface area contributed by atoms with Crippen molar-refractivity contribution in [3.63, 3.8) is 0 Å². The van der Waals surface area contributed by atoms with Crippen LogP contribution in [-0.2, 0) is 20.8 Å². The Balaban J connectivity index is 1.66. The van der Waals surface area contributed by atoms with E-state index in [4.69, 9.17) is 9.47 Å². The second-order valence-electron chi connectivity index (χ2n) is 6.11. The fourth-order valence-corrected chi connectivity index (χ4v) is 4.33. The van der Waals surface area contributed by atoms with E-state index in [-0.39, 0.29) is 15.1 Å². The number of halogens is 4. The second kappa shape index (κ2) is 8.23. The van der Waals surface area contributed by atoms with Gasteiger partial charge in [0.25, 0.3) is 0 Å². The highest BCUT2D eigenvalue weighted by Gasteiger charge is 2.33. The van der Waals surface area contributed by atoms with Gasteiger partial charge in [0.15, 0.2) is 21.3 Å². The van der Waals surface area contributed by atoms with E-state index < -0.39 is 39.7 Å². The zero-order chi connectivity index (χ0) is 21.2. The highest BCUT2D eigenvalue weighted by atomic mass is 79.9. The van der Waals surface area contributed by atoms with Crippen molar-refractivity contribution in [3.8, 4) is 11.5 Å². The molecule has 11 heteroatoms. The first-order valence-electron chi connectivity index (χ1n) is 8.35. The molecule has 0 fully saturated rings. The van der Waals surface area contributed by atoms with E-state index >= 15 is 0 Å². The predicted molar refractivity (Wildman–Crippen MR) is 102 cm³/mol. The first-order chi connectivity index (χ1) is 13.6. The molecule has 2 aromatic carbocycles. The summed E-state index contributed by atoms with van der Waals surface area (Å²) in [6.45, 7) is 0.664. The number of benzene rings is 2. The van der Waals surface area contributed by atoms with E-state index in [0.717, 1.165) is 12.1 Å². The number of hydrogen-bond donors (Lipinski definition) is 1. The smallest absolute Gasteiger partial charge is 0.417 e. The summed E-state index contributed by atoms with van der Waals surface area (Å²) in [7, 11) is -3.80. The van der Waals surface area contributed by atoms with Crippen LogP contribution in [0.15, 0.2) is 45.8 Å². The number of ether oxygens (including phenoxy) is 2. The summed E-state index contributed by atoms with van der Waals surface area (Å²) >= 11 is 2.81. The van der Waals surface area contributed by atoms with Crippen LogP contribution in [-0.4, -0.2) is 33.3 Å². The van der Waals surface area contributed by atoms with Crippen LogP contribution in [0.4, 0.5) is 18.9 Å². The Labute approximate surface area is 173 Å². The van der Waals surface area contributed by atoms with E-state index in [9.17, 15) is 26.4 Å². The lowest BCUT2D eigenvalue weighted by atomic mass is 10.2. The number of alkyl halides is 3. The van der Waals surface area contributed by atoms with E-state index in [1.807, 2.05) is 0 Å². The quantitative estimate of drug-likeness (QED) is 0.679. The number of hydrogen-bond acceptors (Lipinski definition) is 5. The third kappa shape index (κ3) is 5.21. The number of amides is 1. The van der Waals surface area contributed by atoms with Gasteiger partial charge >= 0.3 is 6.18 Å². The van der Waals surface area contributed by atoms with Gasteiger partial charge in [-0.3, -0.25) is 4.79 Å². The van der Waals surface area contributed by atoms with Gasteiger partial charge in [-0.2, -0.15) is 13.2 Å². The van der Waals surface area contributed by atoms with Crippen molar-refractivity contribution in [2.45, 2.75) is 17.5 Å². The molecule has 1 N–H and O–H groups in total. The molecule has 156 valence electrons. The van der Waals surface area contributed by atoms with Gasteiger partial charge in [0, 0.05) is 22.6 Å². The zero-order valence-corrected chi connectivity index (χ0v) is 17.2. The van der Waals surface area contributed by atoms with E-state index in [1.165, 1.54) is 24.3 Å². The van der Waals surface area contributed by atoms with Crippen molar-refractivity contribution in [2.75, 3.05) is 24.3 Å². The van der Waals surface area contributed by atoms with Crippen LogP contribution in [0.5, 0.6) is 11.5 Å². The summed E-state index contributed by atoms with van der Waals surface area (Å²) in [5.74, 6) is -0.497. The number of nitrogens with one attached hydrogen (secondary N) is 1. The third-order valence-corrected chi connectivity index (χ3v) is 6.43. The second-order valence-corrected chi connectivity index (χ2v) is 9.08. The maximum atomic E-state index is 12.9. The highest BCUT2D eigenvalue weighted by Crippen LogP contribution is 2.36. The molecule has 1 heterocycles. The van der Waals surface area contributed by atoms with E-state index in [2.05, 4.69) is 21.2 Å². The molecule has 0 spiro atoms. The number of carbonyl (C=O) groups is 1. The fourth-order valence-electron chi connectivity index (χ4n) is 2.61. The molecule has 29 heavy (non-hydrogen) atoms. The average molecular weight is 494 g/mol. The van der Waals surface area contributed by atoms with Gasteiger partial charge in [-0.1, -0.05) is 15.9 Å². The minimum Gasteiger partial charge on any atom is -0.486 e. The minimum atomic E-state index is -4.60. The van der Waals surface area contributed by atoms with Crippen molar-refractivity contribution in [1.29, 1.82) is 0 Å². The molecular formula is C18H15BrF3NO5S. The van der Waals surface area contributed by atoms with Gasteiger partial charge in [0.05, 0.1) is 16.2 Å². The molecule has 0 atom stereocenters. The van der Waals surface area contributed by atoms with Gasteiger partial charge in [0.2, 0.25) is 5.91 Å². The summed E-state index contributed by atoms with van der Waals surface area (Å²) in [6.07, 6.45) is -5.02. The summed E-state index contributed by atoms with van der Waals surface area (Å²) in [6, 6.07) is 7.37. The molecule has 1 aliphatic rings. The molecule has 1 aliphatic heterocycles. The molecule has 0 radical (unpaired) electrons. The summed E-state index contributed by atoms with van der Waals surface area (Å²) in [5.41, 5.74) is -1.03. The number of rotatable bonds is 5. The van der Waals surface area contributed by atoms with Crippen molar-refractivity contribution < 1.29 is 35.9 Å². The van der Waals surface area contributed by atoms with Crippen LogP contribution in [0.3, 0.4) is 0 Å². The fraction of sp³-hybridized carbons (Fsp3) is 0.278. The highest BCUT2D eigenvalue weighted by molar-refractivity contribution is 9.10. The molecule has 2 aromatic rings. The van der Waals surface area contributed by atoms with Gasteiger partial charge < -0.3 is 14.8 Å². The van der Waals surface area contributed by atoms with Crippen LogP contribution < -0.4 is 14.8 Å². The largest absolute Gasteiger partial charge is 0.486 e. The molecule has 0 saturated heterocycles. The van der Waals surface area contributed by atoms with Crippen LogP contribution >= 0.6 is 15.9 Å². The normalized spacial score (nSPS) is 13.8. The van der Waals surface area contributed by atoms with Gasteiger partial charge in [-0.25, -0.2) is 8.42 Å². The van der Waals surface area contributed by atoms with Crippen molar-refractivity contribution in [2.24, 2.45) is 0 Å². The lowest BCUT2D eigenvalue weighted by Crippen LogP contribution is -2.19. The van der Waals surface area contributed by atoms with Gasteiger partial charge in [-0.05, 0) is 30.3 Å². The Morgan fingerprint density at radius 1 is 1.07 bits per heavy atom. The maximum absolute atomic E-state index is 12.9. The van der Waals surface area contributed by atoms with E-state index in [1.54, 1.807) is 0 Å². The molecule has 6 nitrogen and oxygen atoms in total. The Morgan fingerprint density at radius 3 is 2.45 bits per heavy atom. The lowest BCUT2D eigenvalue weighted by Gasteiger charge is -2.18. The number of sulfone groups is 1. The average Bonchev–Trinajstić information content (AvgIpc) is 2.67. The van der Waals surface area contributed by atoms with Crippen LogP contribution in [0, 0.1) is 0 Å². The molecular weight excluding hydrogens is 479 g/mol. The molecule has 1 amide bonds. The molecule has 3 rings (SSSR count). The van der Waals surface area contributed by atoms with E-state index in [0.29, 0.717) is 24.7 Å². The van der Waals surface area contributed by atoms with Gasteiger partial charge in [0.1, 0.15) is 13.2 Å². The molecule has 0 aromatic heterocycles. The van der Waals surface area contributed by atoms with Crippen LogP contribution in [0.1, 0.15) is 12.0 Å². The number of fused-ring (bicyclic) bond motifs is 1. The Hall–Kier alpha value is -2.27. The zero-order valence-electron chi connectivity index (χ0n) is 14.8. The predicted octanol–water partition coefficient (Wildman–Crippen LogP) is 4.04. The maximum Gasteiger partial charge on any atom is 0.417 e. The Bertz CT molecular complexity index is 1040. The monoisotopic (exact) mass is 493 g/mol. The number of carbonyl (C=O) groups excluding carboxylic acids is 1. The topological polar surface area (TPSA) is 81.7 Å². The number of anilines is 1. The van der Waals surface area contributed by atoms with Crippen molar-refractivity contribution in [3.05, 3.63) is 46.4 Å². The third-order valence-electron chi connectivity index (χ3n) is 4.03. The Kier molecular flexibility index (Phi) is 6.08. The summed E-state index contributed by atoms with van der Waals surface area (Å²) in [5, 5.41) is 2.29. The Morgan fingerprint density at radius 2 is 1.76 bits per heavy atom. The SMILES string of the molecule is O=C(CCS(=O)(=O)c1ccc2c(c1)OCCO2)Nc1ccc(Br)c(C(F)(F)F)c1. The first kappa shape index (κ1) is 21.4. The molecule has 0 unspecified atom stereocenters. The first-order valence-corrected chi connectivity index (χ1v) is 10.8. The van der Waals surface area contributed by atoms with Gasteiger partial charge in [-0.15, -0.1) is 0 Å². The van der Waals surface area contributed by atoms with Crippen molar-refractivity contribution in [1.82, 2.24) is 0 Å². The van der Waals surface area contributed by atoms with Crippen LogP contribution in [0.25, 0.3) is 0 Å². The van der Waals surface area contributed by atoms with Crippen molar-refractivity contribution >= 4 is 37.4 Å². The molecule has 0 saturated carbocycles. The standard InChI is InChI=1S/C18H15BrF3NO5S/c19-14-3-1-11(9-13(14)18(20,21)22)23-17(24)5-8-29(25,26)12-2-4-15-16(10-12)28-7-6-27-15/h1-4,9-10H,5-8H2,(H,23,24). The molecule has 0 bridgehead atoms. The van der Waals surface area contributed by atoms with Crippen LogP contribution in [0.2, 0.25) is 0 Å².